The predicted molar refractivity (Wildman–Crippen MR) is 95.0 cm³/mol. The van der Waals surface area contributed by atoms with Crippen molar-refractivity contribution in [3.05, 3.63) is 18.7 Å². The van der Waals surface area contributed by atoms with Gasteiger partial charge in [-0.05, 0) is 40.2 Å². The molecule has 3 heterocycles. The van der Waals surface area contributed by atoms with Crippen LogP contribution < -0.4 is 4.90 Å². The first kappa shape index (κ1) is 17.8. The fourth-order valence-corrected chi connectivity index (χ4v) is 3.64. The number of nitrogens with zero attached hydrogens (tertiary/aromatic N) is 5. The van der Waals surface area contributed by atoms with Gasteiger partial charge in [-0.1, -0.05) is 0 Å². The maximum atomic E-state index is 13.0. The monoisotopic (exact) mass is 345 g/mol. The molecule has 25 heavy (non-hydrogen) atoms. The number of likely N-dealkylation sites (N-methyl/N-ethyl adjacent to an activating group) is 1. The molecule has 7 nitrogen and oxygen atoms in total. The van der Waals surface area contributed by atoms with Gasteiger partial charge < -0.3 is 9.80 Å². The number of piperidine rings is 1. The Kier molecular flexibility index (Phi) is 5.03. The van der Waals surface area contributed by atoms with E-state index in [1.165, 1.54) is 6.33 Å². The molecular weight excluding hydrogens is 318 g/mol. The second-order valence-corrected chi connectivity index (χ2v) is 7.47. The highest BCUT2D eigenvalue weighted by atomic mass is 16.2. The number of likely N-dealkylation sites (tertiary alicyclic amines) is 1. The summed E-state index contributed by atoms with van der Waals surface area (Å²) in [6.45, 7) is 6.63. The van der Waals surface area contributed by atoms with E-state index in [0.717, 1.165) is 24.9 Å². The molecule has 2 fully saturated rings. The topological polar surface area (TPSA) is 69.6 Å². The quantitative estimate of drug-likeness (QED) is 0.819. The minimum atomic E-state index is -0.323. The standard InChI is InChI=1S/C18H27N5O2/c1-14(2)21(3)12-16(24)22-7-4-18(5-8-22)6-9-23(17(18)25)15-10-19-13-20-11-15/h10-11,13-14H,4-9,12H2,1-3H3. The summed E-state index contributed by atoms with van der Waals surface area (Å²) in [5, 5.41) is 0. The van der Waals surface area contributed by atoms with Crippen molar-refractivity contribution in [1.82, 2.24) is 19.8 Å². The summed E-state index contributed by atoms with van der Waals surface area (Å²) in [4.78, 5) is 39.2. The first-order valence-corrected chi connectivity index (χ1v) is 8.98. The summed E-state index contributed by atoms with van der Waals surface area (Å²) >= 11 is 0. The van der Waals surface area contributed by atoms with Crippen LogP contribution in [0.1, 0.15) is 33.1 Å². The third-order valence-corrected chi connectivity index (χ3v) is 5.71. The molecule has 0 radical (unpaired) electrons. The third-order valence-electron chi connectivity index (χ3n) is 5.71. The Bertz CT molecular complexity index is 626. The minimum Gasteiger partial charge on any atom is -0.342 e. The highest BCUT2D eigenvalue weighted by Crippen LogP contribution is 2.42. The summed E-state index contributed by atoms with van der Waals surface area (Å²) in [6, 6.07) is 0.346. The largest absolute Gasteiger partial charge is 0.342 e. The molecule has 1 aromatic rings. The lowest BCUT2D eigenvalue weighted by Crippen LogP contribution is -2.49. The van der Waals surface area contributed by atoms with Crippen LogP contribution in [0, 0.1) is 5.41 Å². The van der Waals surface area contributed by atoms with E-state index in [1.807, 2.05) is 16.8 Å². The van der Waals surface area contributed by atoms with Crippen molar-refractivity contribution in [2.75, 3.05) is 38.1 Å². The van der Waals surface area contributed by atoms with E-state index in [4.69, 9.17) is 0 Å². The van der Waals surface area contributed by atoms with E-state index >= 15 is 0 Å². The molecular formula is C18H27N5O2. The summed E-state index contributed by atoms with van der Waals surface area (Å²) in [5.41, 5.74) is 0.442. The molecule has 2 aliphatic rings. The molecule has 2 amide bonds. The van der Waals surface area contributed by atoms with Crippen LogP contribution in [0.4, 0.5) is 5.69 Å². The smallest absolute Gasteiger partial charge is 0.236 e. The molecule has 3 rings (SSSR count). The molecule has 1 spiro atoms. The normalized spacial score (nSPS) is 20.1. The number of carbonyl (C=O) groups is 2. The van der Waals surface area contributed by atoms with Gasteiger partial charge in [0.05, 0.1) is 30.0 Å². The van der Waals surface area contributed by atoms with Gasteiger partial charge in [0, 0.05) is 25.7 Å². The SMILES string of the molecule is CC(C)N(C)CC(=O)N1CCC2(CC1)CCN(c1cncnc1)C2=O. The van der Waals surface area contributed by atoms with Crippen molar-refractivity contribution in [3.8, 4) is 0 Å². The zero-order chi connectivity index (χ0) is 18.0. The van der Waals surface area contributed by atoms with E-state index in [-0.39, 0.29) is 17.2 Å². The first-order chi connectivity index (χ1) is 11.9. The van der Waals surface area contributed by atoms with Gasteiger partial charge in [-0.15, -0.1) is 0 Å². The first-order valence-electron chi connectivity index (χ1n) is 8.98. The van der Waals surface area contributed by atoms with Crippen LogP contribution >= 0.6 is 0 Å². The maximum Gasteiger partial charge on any atom is 0.236 e. The van der Waals surface area contributed by atoms with Crippen LogP contribution in [0.5, 0.6) is 0 Å². The van der Waals surface area contributed by atoms with Crippen LogP contribution in [-0.2, 0) is 9.59 Å². The Morgan fingerprint density at radius 3 is 2.40 bits per heavy atom. The lowest BCUT2D eigenvalue weighted by Gasteiger charge is -2.38. The van der Waals surface area contributed by atoms with Crippen molar-refractivity contribution in [2.24, 2.45) is 5.41 Å². The van der Waals surface area contributed by atoms with Gasteiger partial charge in [0.15, 0.2) is 0 Å². The Hall–Kier alpha value is -2.02. The van der Waals surface area contributed by atoms with E-state index in [2.05, 4.69) is 23.8 Å². The molecule has 136 valence electrons. The molecule has 0 bridgehead atoms. The zero-order valence-electron chi connectivity index (χ0n) is 15.3. The lowest BCUT2D eigenvalue weighted by molar-refractivity contribution is -0.138. The van der Waals surface area contributed by atoms with Gasteiger partial charge in [0.25, 0.3) is 0 Å². The molecule has 7 heteroatoms. The second kappa shape index (κ2) is 7.07. The molecule has 0 atom stereocenters. The van der Waals surface area contributed by atoms with Crippen LogP contribution in [0.2, 0.25) is 0 Å². The fourth-order valence-electron chi connectivity index (χ4n) is 3.64. The summed E-state index contributed by atoms with van der Waals surface area (Å²) < 4.78 is 0. The van der Waals surface area contributed by atoms with E-state index in [9.17, 15) is 9.59 Å². The fraction of sp³-hybridized carbons (Fsp3) is 0.667. The van der Waals surface area contributed by atoms with Gasteiger partial charge in [-0.25, -0.2) is 9.97 Å². The number of hydrogen-bond acceptors (Lipinski definition) is 5. The summed E-state index contributed by atoms with van der Waals surface area (Å²) in [7, 11) is 1.97. The number of hydrogen-bond donors (Lipinski definition) is 0. The van der Waals surface area contributed by atoms with Crippen molar-refractivity contribution < 1.29 is 9.59 Å². The van der Waals surface area contributed by atoms with Crippen molar-refractivity contribution in [2.45, 2.75) is 39.2 Å². The number of carbonyl (C=O) groups excluding carboxylic acids is 2. The number of aromatic nitrogens is 2. The van der Waals surface area contributed by atoms with Crippen LogP contribution in [0.15, 0.2) is 18.7 Å². The molecule has 0 aromatic carbocycles. The summed E-state index contributed by atoms with van der Waals surface area (Å²) in [5.74, 6) is 0.318. The average molecular weight is 345 g/mol. The Morgan fingerprint density at radius 1 is 1.20 bits per heavy atom. The average Bonchev–Trinajstić information content (AvgIpc) is 2.92. The van der Waals surface area contributed by atoms with Gasteiger partial charge in [-0.3, -0.25) is 14.5 Å². The van der Waals surface area contributed by atoms with Gasteiger partial charge >= 0.3 is 0 Å². The minimum absolute atomic E-state index is 0.157. The highest BCUT2D eigenvalue weighted by molar-refractivity contribution is 5.99. The molecule has 0 N–H and O–H groups in total. The Balaban J connectivity index is 1.60. The molecule has 0 saturated carbocycles. The van der Waals surface area contributed by atoms with Gasteiger partial charge in [-0.2, -0.15) is 0 Å². The zero-order valence-corrected chi connectivity index (χ0v) is 15.3. The van der Waals surface area contributed by atoms with Gasteiger partial charge in [0.1, 0.15) is 6.33 Å². The Labute approximate surface area is 149 Å². The van der Waals surface area contributed by atoms with Crippen LogP contribution in [0.25, 0.3) is 0 Å². The lowest BCUT2D eigenvalue weighted by atomic mass is 9.77. The second-order valence-electron chi connectivity index (χ2n) is 7.47. The van der Waals surface area contributed by atoms with Crippen LogP contribution in [-0.4, -0.2) is 70.9 Å². The number of anilines is 1. The van der Waals surface area contributed by atoms with E-state index in [0.29, 0.717) is 32.2 Å². The number of amides is 2. The van der Waals surface area contributed by atoms with Crippen molar-refractivity contribution >= 4 is 17.5 Å². The van der Waals surface area contributed by atoms with E-state index in [1.54, 1.807) is 17.3 Å². The molecule has 2 saturated heterocycles. The van der Waals surface area contributed by atoms with Crippen LogP contribution in [0.3, 0.4) is 0 Å². The van der Waals surface area contributed by atoms with Crippen molar-refractivity contribution in [1.29, 1.82) is 0 Å². The molecule has 2 aliphatic heterocycles. The summed E-state index contributed by atoms with van der Waals surface area (Å²) in [6.07, 6.45) is 7.17. The maximum absolute atomic E-state index is 13.0. The highest BCUT2D eigenvalue weighted by Gasteiger charge is 2.49. The van der Waals surface area contributed by atoms with Crippen molar-refractivity contribution in [3.63, 3.8) is 0 Å². The molecule has 1 aromatic heterocycles. The van der Waals surface area contributed by atoms with E-state index < -0.39 is 0 Å². The van der Waals surface area contributed by atoms with Gasteiger partial charge in [0.2, 0.25) is 11.8 Å². The third kappa shape index (κ3) is 3.51. The molecule has 0 unspecified atom stereocenters. The molecule has 0 aliphatic carbocycles. The number of rotatable bonds is 4. The predicted octanol–water partition coefficient (Wildman–Crippen LogP) is 1.16. The Morgan fingerprint density at radius 2 is 1.80 bits per heavy atom.